The predicted octanol–water partition coefficient (Wildman–Crippen LogP) is 4.02. The van der Waals surface area contributed by atoms with E-state index < -0.39 is 17.7 Å². The van der Waals surface area contributed by atoms with Gasteiger partial charge in [0.2, 0.25) is 5.91 Å². The van der Waals surface area contributed by atoms with E-state index in [0.29, 0.717) is 28.7 Å². The van der Waals surface area contributed by atoms with Crippen LogP contribution in [-0.2, 0) is 9.59 Å². The van der Waals surface area contributed by atoms with Crippen molar-refractivity contribution in [3.05, 3.63) is 39.8 Å². The van der Waals surface area contributed by atoms with Crippen LogP contribution in [0.4, 0.5) is 10.8 Å². The van der Waals surface area contributed by atoms with Crippen LogP contribution in [-0.4, -0.2) is 28.6 Å². The maximum absolute atomic E-state index is 13.1. The number of amides is 2. The zero-order valence-corrected chi connectivity index (χ0v) is 16.9. The van der Waals surface area contributed by atoms with Gasteiger partial charge in [0.1, 0.15) is 6.04 Å². The Kier molecular flexibility index (Phi) is 5.10. The number of fused-ring (bicyclic) bond motifs is 1. The lowest BCUT2D eigenvalue weighted by molar-refractivity contribution is -0.121. The molecule has 1 aromatic heterocycles. The van der Waals surface area contributed by atoms with Crippen molar-refractivity contribution in [2.24, 2.45) is 5.92 Å². The second-order valence-electron chi connectivity index (χ2n) is 6.89. The first-order chi connectivity index (χ1) is 13.0. The number of carbonyl (C=O) groups is 3. The van der Waals surface area contributed by atoms with E-state index in [-0.39, 0.29) is 5.91 Å². The number of anilines is 2. The lowest BCUT2D eigenvalue weighted by atomic mass is 9.96. The van der Waals surface area contributed by atoms with E-state index in [1.54, 1.807) is 29.8 Å². The zero-order chi connectivity index (χ0) is 19.0. The number of rotatable bonds is 5. The summed E-state index contributed by atoms with van der Waals surface area (Å²) in [6.45, 7) is 0. The van der Waals surface area contributed by atoms with Crippen molar-refractivity contribution in [2.75, 3.05) is 10.2 Å². The van der Waals surface area contributed by atoms with Crippen molar-refractivity contribution in [1.29, 1.82) is 0 Å². The first kappa shape index (κ1) is 18.3. The summed E-state index contributed by atoms with van der Waals surface area (Å²) in [5, 5.41) is 5.07. The first-order valence-electron chi connectivity index (χ1n) is 8.92. The highest BCUT2D eigenvalue weighted by molar-refractivity contribution is 9.10. The van der Waals surface area contributed by atoms with Gasteiger partial charge in [-0.25, -0.2) is 4.98 Å². The van der Waals surface area contributed by atoms with E-state index in [9.17, 15) is 14.4 Å². The van der Waals surface area contributed by atoms with Gasteiger partial charge in [0.05, 0.1) is 11.3 Å². The molecule has 1 unspecified atom stereocenters. The Morgan fingerprint density at radius 3 is 2.81 bits per heavy atom. The largest absolute Gasteiger partial charge is 0.300 e. The summed E-state index contributed by atoms with van der Waals surface area (Å²) < 4.78 is 0.726. The summed E-state index contributed by atoms with van der Waals surface area (Å²) in [5.41, 5.74) is 0.846. The van der Waals surface area contributed by atoms with Gasteiger partial charge in [0.25, 0.3) is 11.7 Å². The van der Waals surface area contributed by atoms with E-state index in [1.807, 2.05) is 0 Å². The minimum Gasteiger partial charge on any atom is -0.300 e. The van der Waals surface area contributed by atoms with Gasteiger partial charge in [-0.15, -0.1) is 11.3 Å². The molecule has 1 N–H and O–H groups in total. The molecule has 2 heterocycles. The van der Waals surface area contributed by atoms with Gasteiger partial charge in [-0.05, 0) is 30.5 Å². The zero-order valence-electron chi connectivity index (χ0n) is 14.5. The number of thiazole rings is 1. The summed E-state index contributed by atoms with van der Waals surface area (Å²) in [5.74, 6) is -1.13. The molecule has 27 heavy (non-hydrogen) atoms. The number of carbonyl (C=O) groups excluding carboxylic acids is 3. The van der Waals surface area contributed by atoms with Crippen LogP contribution in [0.3, 0.4) is 0 Å². The highest BCUT2D eigenvalue weighted by Crippen LogP contribution is 2.37. The third-order valence-corrected chi connectivity index (χ3v) is 6.37. The topological polar surface area (TPSA) is 79.4 Å². The SMILES string of the molecule is O=C1C(=O)N(C(CC2CCCC2)C(=O)Nc2nccs2)c2ccc(Br)cc21. The van der Waals surface area contributed by atoms with Gasteiger partial charge >= 0.3 is 0 Å². The number of benzene rings is 1. The van der Waals surface area contributed by atoms with Gasteiger partial charge < -0.3 is 5.32 Å². The molecule has 1 fully saturated rings. The molecule has 1 saturated carbocycles. The van der Waals surface area contributed by atoms with E-state index >= 15 is 0 Å². The normalized spacial score (nSPS) is 18.0. The second-order valence-corrected chi connectivity index (χ2v) is 8.70. The summed E-state index contributed by atoms with van der Waals surface area (Å²) in [6.07, 6.45) is 6.54. The summed E-state index contributed by atoms with van der Waals surface area (Å²) in [6, 6.07) is 4.42. The van der Waals surface area contributed by atoms with E-state index in [4.69, 9.17) is 0 Å². The van der Waals surface area contributed by atoms with Gasteiger partial charge in [-0.2, -0.15) is 0 Å². The Morgan fingerprint density at radius 2 is 2.11 bits per heavy atom. The third kappa shape index (κ3) is 3.55. The molecule has 0 bridgehead atoms. The molecule has 140 valence electrons. The molecule has 0 saturated heterocycles. The minimum atomic E-state index is -0.726. The lowest BCUT2D eigenvalue weighted by Gasteiger charge is -2.28. The Bertz CT molecular complexity index is 894. The molecule has 2 aromatic rings. The van der Waals surface area contributed by atoms with Gasteiger partial charge in [-0.3, -0.25) is 19.3 Å². The van der Waals surface area contributed by atoms with Crippen LogP contribution >= 0.6 is 27.3 Å². The number of hydrogen-bond donors (Lipinski definition) is 1. The van der Waals surface area contributed by atoms with Crippen LogP contribution in [0.5, 0.6) is 0 Å². The molecular formula is C19H18BrN3O3S. The Labute approximate surface area is 169 Å². The molecule has 8 heteroatoms. The molecular weight excluding hydrogens is 430 g/mol. The smallest absolute Gasteiger partial charge is 0.300 e. The fourth-order valence-corrected chi connectivity index (χ4v) is 4.80. The van der Waals surface area contributed by atoms with Crippen molar-refractivity contribution in [2.45, 2.75) is 38.1 Å². The van der Waals surface area contributed by atoms with Crippen LogP contribution in [0.25, 0.3) is 0 Å². The highest BCUT2D eigenvalue weighted by atomic mass is 79.9. The predicted molar refractivity (Wildman–Crippen MR) is 107 cm³/mol. The van der Waals surface area contributed by atoms with Crippen LogP contribution < -0.4 is 10.2 Å². The number of ketones is 1. The molecule has 0 spiro atoms. The average Bonchev–Trinajstić information content (AvgIpc) is 3.38. The van der Waals surface area contributed by atoms with Crippen LogP contribution in [0.1, 0.15) is 42.5 Å². The maximum atomic E-state index is 13.1. The Morgan fingerprint density at radius 1 is 1.33 bits per heavy atom. The number of nitrogens with zero attached hydrogens (tertiary/aromatic N) is 2. The standard InChI is InChI=1S/C19H18BrN3O3S/c20-12-5-6-14-13(10-12)16(24)18(26)23(14)15(9-11-3-1-2-4-11)17(25)22-19-21-7-8-27-19/h5-8,10-11,15H,1-4,9H2,(H,21,22,25). The minimum absolute atomic E-state index is 0.297. The van der Waals surface area contributed by atoms with Crippen molar-refractivity contribution < 1.29 is 14.4 Å². The summed E-state index contributed by atoms with van der Waals surface area (Å²) >= 11 is 4.66. The number of halogens is 1. The molecule has 2 aliphatic rings. The molecule has 4 rings (SSSR count). The number of aromatic nitrogens is 1. The quantitative estimate of drug-likeness (QED) is 0.701. The molecule has 1 aliphatic heterocycles. The number of Topliss-reactive ketones (excluding diaryl/α,β-unsaturated/α-hetero) is 1. The molecule has 1 aliphatic carbocycles. The van der Waals surface area contributed by atoms with Crippen LogP contribution in [0.2, 0.25) is 0 Å². The van der Waals surface area contributed by atoms with Crippen molar-refractivity contribution in [3.8, 4) is 0 Å². The van der Waals surface area contributed by atoms with Crippen LogP contribution in [0.15, 0.2) is 34.2 Å². The number of hydrogen-bond acceptors (Lipinski definition) is 5. The van der Waals surface area contributed by atoms with Gasteiger partial charge in [-0.1, -0.05) is 41.6 Å². The fraction of sp³-hybridized carbons (Fsp3) is 0.368. The van der Waals surface area contributed by atoms with Crippen molar-refractivity contribution in [1.82, 2.24) is 4.98 Å². The van der Waals surface area contributed by atoms with Gasteiger partial charge in [0, 0.05) is 16.0 Å². The molecule has 0 radical (unpaired) electrons. The van der Waals surface area contributed by atoms with Gasteiger partial charge in [0.15, 0.2) is 5.13 Å². The molecule has 1 aromatic carbocycles. The molecule has 6 nitrogen and oxygen atoms in total. The molecule has 2 amide bonds. The first-order valence-corrected chi connectivity index (χ1v) is 10.6. The van der Waals surface area contributed by atoms with E-state index in [2.05, 4.69) is 26.2 Å². The summed E-state index contributed by atoms with van der Waals surface area (Å²) in [7, 11) is 0. The lowest BCUT2D eigenvalue weighted by Crippen LogP contribution is -2.47. The second kappa shape index (κ2) is 7.52. The maximum Gasteiger partial charge on any atom is 0.300 e. The number of nitrogens with one attached hydrogen (secondary N) is 1. The Hall–Kier alpha value is -2.06. The molecule has 1 atom stereocenters. The highest BCUT2D eigenvalue weighted by Gasteiger charge is 2.43. The average molecular weight is 448 g/mol. The Balaban J connectivity index is 1.68. The summed E-state index contributed by atoms with van der Waals surface area (Å²) in [4.78, 5) is 43.8. The van der Waals surface area contributed by atoms with Crippen LogP contribution in [0, 0.1) is 5.92 Å². The fourth-order valence-electron chi connectivity index (χ4n) is 3.91. The van der Waals surface area contributed by atoms with E-state index in [0.717, 1.165) is 30.2 Å². The van der Waals surface area contributed by atoms with E-state index in [1.165, 1.54) is 16.2 Å². The van der Waals surface area contributed by atoms with Crippen molar-refractivity contribution >= 4 is 55.7 Å². The third-order valence-electron chi connectivity index (χ3n) is 5.18. The van der Waals surface area contributed by atoms with Crippen molar-refractivity contribution in [3.63, 3.8) is 0 Å². The monoisotopic (exact) mass is 447 g/mol.